The first kappa shape index (κ1) is 23.9. The molecule has 5 unspecified atom stereocenters. The summed E-state index contributed by atoms with van der Waals surface area (Å²) < 4.78 is 45.0. The lowest BCUT2D eigenvalue weighted by Crippen LogP contribution is -2.35. The maximum Gasteiger partial charge on any atom is 0.479 e. The predicted octanol–water partition coefficient (Wildman–Crippen LogP) is -0.855. The van der Waals surface area contributed by atoms with Crippen LogP contribution in [0.3, 0.4) is 0 Å². The number of hydrogen-bond donors (Lipinski definition) is 7. The normalized spacial score (nSPS) is 33.6. The quantitative estimate of drug-likeness (QED) is 0.211. The molecule has 0 saturated heterocycles. The molecule has 0 radical (unpaired) electrons. The molecule has 2 aliphatic carbocycles. The molecule has 2 aliphatic rings. The predicted molar refractivity (Wildman–Crippen MR) is 105 cm³/mol. The van der Waals surface area contributed by atoms with Gasteiger partial charge in [0.25, 0.3) is 0 Å². The van der Waals surface area contributed by atoms with Crippen molar-refractivity contribution in [3.63, 3.8) is 0 Å². The zero-order valence-electron chi connectivity index (χ0n) is 16.0. The number of nitrogens with two attached hydrogens (primary N) is 1. The summed E-state index contributed by atoms with van der Waals surface area (Å²) in [6.45, 7) is -0.639. The molecule has 0 bridgehead atoms. The first-order chi connectivity index (χ1) is 14.7. The van der Waals surface area contributed by atoms with Gasteiger partial charge in [0, 0.05) is 5.41 Å². The minimum atomic E-state index is -5.25. The second kappa shape index (κ2) is 7.62. The summed E-state index contributed by atoms with van der Waals surface area (Å²) in [7, 11) is -15.4. The van der Waals surface area contributed by atoms with Crippen molar-refractivity contribution >= 4 is 40.0 Å². The molecule has 0 aromatic carbocycles. The fraction of sp³-hybridized carbons (Fsp3) is 0.615. The fourth-order valence-corrected chi connectivity index (χ4v) is 8.68. The van der Waals surface area contributed by atoms with Crippen molar-refractivity contribution in [1.82, 2.24) is 19.5 Å². The van der Waals surface area contributed by atoms with Crippen LogP contribution in [-0.4, -0.2) is 74.0 Å². The van der Waals surface area contributed by atoms with Crippen LogP contribution in [0, 0.1) is 11.3 Å². The van der Waals surface area contributed by atoms with Gasteiger partial charge in [-0.1, -0.05) is 0 Å². The number of nitrogens with zero attached hydrogens (tertiary/aromatic N) is 4. The van der Waals surface area contributed by atoms with Gasteiger partial charge in [0.05, 0.1) is 25.1 Å². The first-order valence-electron chi connectivity index (χ1n) is 9.00. The molecule has 0 aliphatic heterocycles. The van der Waals surface area contributed by atoms with Gasteiger partial charge in [0.15, 0.2) is 17.4 Å². The lowest BCUT2D eigenvalue weighted by atomic mass is 10.0. The molecule has 2 fully saturated rings. The van der Waals surface area contributed by atoms with Crippen molar-refractivity contribution < 1.29 is 52.3 Å². The SMILES string of the molecule is Nc1ncnc2c1ncn2C1C(O)C(O)[C@@]2(COP(=O)(O)OP(=O)(O)CP(=O)(O)O)C[C@H]12. The number of rotatable bonds is 8. The van der Waals surface area contributed by atoms with Crippen LogP contribution in [0.1, 0.15) is 12.5 Å². The second-order valence-corrected chi connectivity index (χ2v) is 13.4. The van der Waals surface area contributed by atoms with Crippen molar-refractivity contribution in [3.8, 4) is 0 Å². The van der Waals surface area contributed by atoms with Crippen LogP contribution in [-0.2, 0) is 22.5 Å². The van der Waals surface area contributed by atoms with E-state index in [-0.39, 0.29) is 12.2 Å². The van der Waals surface area contributed by atoms with Gasteiger partial charge in [0.1, 0.15) is 17.9 Å². The number of hydrogen-bond acceptors (Lipinski definition) is 11. The number of fused-ring (bicyclic) bond motifs is 2. The molecule has 0 amide bonds. The lowest BCUT2D eigenvalue weighted by molar-refractivity contribution is -0.0296. The molecule has 7 atom stereocenters. The Hall–Kier alpha value is -1.28. The van der Waals surface area contributed by atoms with Gasteiger partial charge >= 0.3 is 23.0 Å². The molecule has 178 valence electrons. The molecular formula is C13H20N5O11P3. The molecule has 8 N–H and O–H groups in total. The van der Waals surface area contributed by atoms with E-state index in [4.69, 9.17) is 20.0 Å². The van der Waals surface area contributed by atoms with Gasteiger partial charge in [0.2, 0.25) is 0 Å². The Balaban J connectivity index is 1.50. The smallest absolute Gasteiger partial charge is 0.390 e. The fourth-order valence-electron chi connectivity index (χ4n) is 4.26. The number of aromatic nitrogens is 4. The van der Waals surface area contributed by atoms with Gasteiger partial charge < -0.3 is 40.1 Å². The van der Waals surface area contributed by atoms with E-state index in [2.05, 4.69) is 19.3 Å². The van der Waals surface area contributed by atoms with E-state index in [0.717, 1.165) is 0 Å². The third-order valence-corrected chi connectivity index (χ3v) is 10.9. The van der Waals surface area contributed by atoms with Crippen LogP contribution in [0.2, 0.25) is 0 Å². The van der Waals surface area contributed by atoms with Crippen LogP contribution in [0.25, 0.3) is 11.2 Å². The third-order valence-electron chi connectivity index (χ3n) is 5.65. The summed E-state index contributed by atoms with van der Waals surface area (Å²) in [5, 5.41) is 21.2. The first-order valence-corrected chi connectivity index (χ1v) is 14.1. The molecule has 0 spiro atoms. The average molecular weight is 515 g/mol. The van der Waals surface area contributed by atoms with Crippen molar-refractivity contribution in [3.05, 3.63) is 12.7 Å². The largest absolute Gasteiger partial charge is 0.479 e. The number of nitrogen functional groups attached to an aromatic ring is 1. The van der Waals surface area contributed by atoms with Crippen LogP contribution in [0.15, 0.2) is 12.7 Å². The number of aliphatic hydroxyl groups excluding tert-OH is 2. The average Bonchev–Trinajstić information content (AvgIpc) is 3.12. The van der Waals surface area contributed by atoms with Crippen molar-refractivity contribution in [2.24, 2.45) is 11.3 Å². The van der Waals surface area contributed by atoms with E-state index in [1.807, 2.05) is 0 Å². The van der Waals surface area contributed by atoms with Gasteiger partial charge in [-0.3, -0.25) is 13.7 Å². The van der Waals surface area contributed by atoms with E-state index in [0.29, 0.717) is 11.2 Å². The minimum Gasteiger partial charge on any atom is -0.390 e. The summed E-state index contributed by atoms with van der Waals surface area (Å²) in [5.41, 5.74) is 5.19. The molecule has 2 aromatic rings. The Morgan fingerprint density at radius 3 is 2.50 bits per heavy atom. The van der Waals surface area contributed by atoms with Crippen LogP contribution in [0.4, 0.5) is 5.82 Å². The van der Waals surface area contributed by atoms with Gasteiger partial charge in [-0.15, -0.1) is 0 Å². The topological polar surface area (TPSA) is 261 Å². The molecular weight excluding hydrogens is 495 g/mol. The number of imidazole rings is 1. The molecule has 32 heavy (non-hydrogen) atoms. The molecule has 2 heterocycles. The number of aliphatic hydroxyl groups is 2. The molecule has 2 saturated carbocycles. The van der Waals surface area contributed by atoms with Crippen molar-refractivity contribution in [2.75, 3.05) is 18.2 Å². The second-order valence-electron chi connectivity index (χ2n) is 7.82. The molecule has 19 heteroatoms. The molecule has 16 nitrogen and oxygen atoms in total. The third kappa shape index (κ3) is 4.29. The molecule has 2 aromatic heterocycles. The molecule has 4 rings (SSSR count). The van der Waals surface area contributed by atoms with E-state index in [9.17, 15) is 33.7 Å². The Kier molecular flexibility index (Phi) is 5.68. The maximum absolute atomic E-state index is 12.1. The maximum atomic E-state index is 12.1. The number of anilines is 1. The summed E-state index contributed by atoms with van der Waals surface area (Å²) in [6.07, 6.45) is 0.111. The van der Waals surface area contributed by atoms with Crippen molar-refractivity contribution in [2.45, 2.75) is 24.7 Å². The van der Waals surface area contributed by atoms with Crippen LogP contribution >= 0.6 is 23.0 Å². The van der Waals surface area contributed by atoms with Gasteiger partial charge in [-0.25, -0.2) is 23.8 Å². The van der Waals surface area contributed by atoms with Crippen LogP contribution < -0.4 is 5.73 Å². The number of phosphoric acid groups is 1. The van der Waals surface area contributed by atoms with Crippen LogP contribution in [0.5, 0.6) is 0 Å². The summed E-state index contributed by atoms with van der Waals surface area (Å²) in [5.74, 6) is -2.00. The summed E-state index contributed by atoms with van der Waals surface area (Å²) in [6, 6.07) is -0.731. The zero-order chi connectivity index (χ0) is 23.7. The highest BCUT2D eigenvalue weighted by molar-refractivity contribution is 7.73. The zero-order valence-corrected chi connectivity index (χ0v) is 18.7. The van der Waals surface area contributed by atoms with Crippen molar-refractivity contribution in [1.29, 1.82) is 0 Å². The monoisotopic (exact) mass is 515 g/mol. The highest BCUT2D eigenvalue weighted by atomic mass is 31.3. The Morgan fingerprint density at radius 2 is 1.84 bits per heavy atom. The lowest BCUT2D eigenvalue weighted by Gasteiger charge is -2.24. The van der Waals surface area contributed by atoms with Gasteiger partial charge in [-0.05, 0) is 12.3 Å². The Bertz CT molecular complexity index is 1200. The minimum absolute atomic E-state index is 0.120. The highest BCUT2D eigenvalue weighted by Crippen LogP contribution is 2.70. The van der Waals surface area contributed by atoms with E-state index < -0.39 is 65.1 Å². The van der Waals surface area contributed by atoms with E-state index in [1.165, 1.54) is 17.2 Å². The highest BCUT2D eigenvalue weighted by Gasteiger charge is 2.72. The number of phosphoric ester groups is 1. The van der Waals surface area contributed by atoms with E-state index in [1.54, 1.807) is 0 Å². The Labute approximate surface area is 179 Å². The summed E-state index contributed by atoms with van der Waals surface area (Å²) >= 11 is 0. The standard InChI is InChI=1S/C13H20N5O11P3/c14-11-7-12(16-3-15-11)18(4-17-7)8-6-1-13(6,10(20)9(8)19)2-28-32(26,27)29-31(24,25)5-30(21,22)23/h3-4,6,8-10,19-20H,1-2,5H2,(H,24,25)(H,26,27)(H2,14,15,16)(H2,21,22,23)/t6-,8?,9?,10?,13-/m1/s1. The Morgan fingerprint density at radius 1 is 1.16 bits per heavy atom. The summed E-state index contributed by atoms with van der Waals surface area (Å²) in [4.78, 5) is 48.8. The van der Waals surface area contributed by atoms with Gasteiger partial charge in [-0.2, -0.15) is 0 Å². The van der Waals surface area contributed by atoms with E-state index >= 15 is 0 Å².